The Labute approximate surface area is 111 Å². The molecule has 1 N–H and O–H groups in total. The van der Waals surface area contributed by atoms with E-state index in [1.54, 1.807) is 6.26 Å². The van der Waals surface area contributed by atoms with Gasteiger partial charge < -0.3 is 14.3 Å². The average Bonchev–Trinajstić information content (AvgIpc) is 3.07. The number of piperazine rings is 1. The van der Waals surface area contributed by atoms with Crippen molar-refractivity contribution in [3.05, 3.63) is 23.7 Å². The predicted octanol–water partition coefficient (Wildman–Crippen LogP) is 1.60. The second kappa shape index (κ2) is 5.14. The van der Waals surface area contributed by atoms with Crippen molar-refractivity contribution in [3.8, 4) is 11.7 Å². The van der Waals surface area contributed by atoms with Gasteiger partial charge in [-0.1, -0.05) is 5.16 Å². The zero-order valence-corrected chi connectivity index (χ0v) is 11.2. The third-order valence-corrected chi connectivity index (χ3v) is 3.57. The van der Waals surface area contributed by atoms with Gasteiger partial charge in [0.1, 0.15) is 0 Å². The molecule has 1 aliphatic heterocycles. The summed E-state index contributed by atoms with van der Waals surface area (Å²) >= 11 is 0. The van der Waals surface area contributed by atoms with E-state index in [2.05, 4.69) is 27.3 Å². The van der Waals surface area contributed by atoms with E-state index in [0.717, 1.165) is 31.7 Å². The van der Waals surface area contributed by atoms with Gasteiger partial charge >= 0.3 is 0 Å². The Morgan fingerprint density at radius 1 is 1.37 bits per heavy atom. The molecule has 0 radical (unpaired) electrons. The van der Waals surface area contributed by atoms with E-state index in [4.69, 9.17) is 8.94 Å². The molecule has 0 aromatic carbocycles. The van der Waals surface area contributed by atoms with Gasteiger partial charge in [0.05, 0.1) is 12.3 Å². The topological polar surface area (TPSA) is 67.3 Å². The Hall–Kier alpha value is -1.66. The van der Waals surface area contributed by atoms with Gasteiger partial charge in [-0.05, 0) is 19.9 Å². The Bertz CT molecular complexity index is 542. The molecule has 19 heavy (non-hydrogen) atoms. The summed E-state index contributed by atoms with van der Waals surface area (Å²) in [5.74, 6) is 1.83. The molecule has 6 nitrogen and oxygen atoms in total. The molecule has 0 bridgehead atoms. The molecule has 0 spiro atoms. The van der Waals surface area contributed by atoms with Crippen LogP contribution in [0.1, 0.15) is 24.4 Å². The van der Waals surface area contributed by atoms with Crippen LogP contribution in [0.25, 0.3) is 11.7 Å². The number of hydrogen-bond acceptors (Lipinski definition) is 6. The summed E-state index contributed by atoms with van der Waals surface area (Å²) in [6.45, 7) is 8.09. The van der Waals surface area contributed by atoms with Crippen molar-refractivity contribution >= 4 is 0 Å². The lowest BCUT2D eigenvalue weighted by atomic mass is 10.2. The van der Waals surface area contributed by atoms with Crippen molar-refractivity contribution < 1.29 is 8.94 Å². The molecule has 1 saturated heterocycles. The summed E-state index contributed by atoms with van der Waals surface area (Å²) in [7, 11) is 0. The summed E-state index contributed by atoms with van der Waals surface area (Å²) in [6, 6.07) is 2.05. The number of aromatic nitrogens is 2. The standard InChI is InChI=1S/C13H18N4O2/c1-9-3-8-18-11(9)13-15-12(16-19-13)10(2)17-6-4-14-5-7-17/h3,8,10,14H,4-7H2,1-2H3. The van der Waals surface area contributed by atoms with Crippen LogP contribution >= 0.6 is 0 Å². The van der Waals surface area contributed by atoms with Crippen LogP contribution in [0.2, 0.25) is 0 Å². The Morgan fingerprint density at radius 3 is 2.84 bits per heavy atom. The van der Waals surface area contributed by atoms with Gasteiger partial charge in [-0.25, -0.2) is 0 Å². The monoisotopic (exact) mass is 262 g/mol. The lowest BCUT2D eigenvalue weighted by molar-refractivity contribution is 0.176. The van der Waals surface area contributed by atoms with Crippen molar-refractivity contribution in [3.63, 3.8) is 0 Å². The van der Waals surface area contributed by atoms with E-state index in [9.17, 15) is 0 Å². The average molecular weight is 262 g/mol. The number of aryl methyl sites for hydroxylation is 1. The second-order valence-electron chi connectivity index (χ2n) is 4.85. The first kappa shape index (κ1) is 12.4. The largest absolute Gasteiger partial charge is 0.459 e. The van der Waals surface area contributed by atoms with Crippen LogP contribution in [0, 0.1) is 6.92 Å². The highest BCUT2D eigenvalue weighted by Gasteiger charge is 2.23. The van der Waals surface area contributed by atoms with E-state index in [0.29, 0.717) is 17.5 Å². The number of nitrogens with one attached hydrogen (secondary N) is 1. The fraction of sp³-hybridized carbons (Fsp3) is 0.538. The van der Waals surface area contributed by atoms with E-state index in [1.165, 1.54) is 0 Å². The maximum atomic E-state index is 5.37. The molecule has 3 rings (SSSR count). The van der Waals surface area contributed by atoms with Crippen molar-refractivity contribution in [1.82, 2.24) is 20.4 Å². The van der Waals surface area contributed by atoms with Gasteiger partial charge in [0.2, 0.25) is 0 Å². The minimum Gasteiger partial charge on any atom is -0.459 e. The van der Waals surface area contributed by atoms with E-state index >= 15 is 0 Å². The summed E-state index contributed by atoms with van der Waals surface area (Å²) in [5, 5.41) is 7.42. The normalized spacial score (nSPS) is 18.6. The smallest absolute Gasteiger partial charge is 0.293 e. The van der Waals surface area contributed by atoms with E-state index in [-0.39, 0.29) is 6.04 Å². The van der Waals surface area contributed by atoms with Crippen molar-refractivity contribution in [2.75, 3.05) is 26.2 Å². The minimum atomic E-state index is 0.162. The maximum Gasteiger partial charge on any atom is 0.293 e. The van der Waals surface area contributed by atoms with Gasteiger partial charge in [-0.3, -0.25) is 4.90 Å². The van der Waals surface area contributed by atoms with Gasteiger partial charge in [0.15, 0.2) is 11.6 Å². The third kappa shape index (κ3) is 2.41. The van der Waals surface area contributed by atoms with E-state index < -0.39 is 0 Å². The molecule has 2 aromatic rings. The van der Waals surface area contributed by atoms with Crippen molar-refractivity contribution in [2.45, 2.75) is 19.9 Å². The predicted molar refractivity (Wildman–Crippen MR) is 69.6 cm³/mol. The lowest BCUT2D eigenvalue weighted by Crippen LogP contribution is -2.44. The molecule has 2 aromatic heterocycles. The van der Waals surface area contributed by atoms with Gasteiger partial charge in [0, 0.05) is 31.7 Å². The van der Waals surface area contributed by atoms with Crippen molar-refractivity contribution in [2.24, 2.45) is 0 Å². The molecule has 0 saturated carbocycles. The van der Waals surface area contributed by atoms with Crippen LogP contribution in [-0.4, -0.2) is 41.2 Å². The van der Waals surface area contributed by atoms with Crippen LogP contribution in [0.15, 0.2) is 21.3 Å². The Balaban J connectivity index is 1.79. The Kier molecular flexibility index (Phi) is 3.35. The number of hydrogen-bond donors (Lipinski definition) is 1. The molecule has 0 aliphatic carbocycles. The summed E-state index contributed by atoms with van der Waals surface area (Å²) in [5.41, 5.74) is 1.00. The first-order chi connectivity index (χ1) is 9.25. The fourth-order valence-corrected chi connectivity index (χ4v) is 2.32. The Morgan fingerprint density at radius 2 is 2.16 bits per heavy atom. The molecule has 1 fully saturated rings. The van der Waals surface area contributed by atoms with E-state index in [1.807, 2.05) is 13.0 Å². The highest BCUT2D eigenvalue weighted by Crippen LogP contribution is 2.25. The molecular formula is C13H18N4O2. The van der Waals surface area contributed by atoms with Crippen LogP contribution in [0.5, 0.6) is 0 Å². The number of nitrogens with zero attached hydrogens (tertiary/aromatic N) is 3. The summed E-state index contributed by atoms with van der Waals surface area (Å²) < 4.78 is 10.7. The molecule has 102 valence electrons. The highest BCUT2D eigenvalue weighted by molar-refractivity contribution is 5.49. The van der Waals surface area contributed by atoms with Crippen LogP contribution in [0.4, 0.5) is 0 Å². The van der Waals surface area contributed by atoms with Gasteiger partial charge in [-0.2, -0.15) is 4.98 Å². The molecule has 3 heterocycles. The van der Waals surface area contributed by atoms with Crippen LogP contribution in [-0.2, 0) is 0 Å². The van der Waals surface area contributed by atoms with Crippen LogP contribution < -0.4 is 5.32 Å². The molecular weight excluding hydrogens is 244 g/mol. The maximum absolute atomic E-state index is 5.37. The second-order valence-corrected chi connectivity index (χ2v) is 4.85. The molecule has 0 amide bonds. The first-order valence-corrected chi connectivity index (χ1v) is 6.58. The molecule has 6 heteroatoms. The zero-order valence-electron chi connectivity index (χ0n) is 11.2. The number of rotatable bonds is 3. The highest BCUT2D eigenvalue weighted by atomic mass is 16.5. The van der Waals surface area contributed by atoms with Gasteiger partial charge in [0.25, 0.3) is 5.89 Å². The quantitative estimate of drug-likeness (QED) is 0.906. The molecule has 1 unspecified atom stereocenters. The lowest BCUT2D eigenvalue weighted by Gasteiger charge is -2.30. The third-order valence-electron chi connectivity index (χ3n) is 3.57. The first-order valence-electron chi connectivity index (χ1n) is 6.58. The summed E-state index contributed by atoms with van der Waals surface area (Å²) in [4.78, 5) is 6.80. The number of furan rings is 1. The zero-order chi connectivity index (χ0) is 13.2. The SMILES string of the molecule is Cc1ccoc1-c1nc(C(C)N2CCNCC2)no1. The summed E-state index contributed by atoms with van der Waals surface area (Å²) in [6.07, 6.45) is 1.63. The fourth-order valence-electron chi connectivity index (χ4n) is 2.32. The van der Waals surface area contributed by atoms with Gasteiger partial charge in [-0.15, -0.1) is 0 Å². The molecule has 1 atom stereocenters. The van der Waals surface area contributed by atoms with Crippen molar-refractivity contribution in [1.29, 1.82) is 0 Å². The van der Waals surface area contributed by atoms with Crippen LogP contribution in [0.3, 0.4) is 0 Å². The molecule has 1 aliphatic rings. The minimum absolute atomic E-state index is 0.162.